The fourth-order valence-electron chi connectivity index (χ4n) is 15.7. The third-order valence-electron chi connectivity index (χ3n) is 20.0. The van der Waals surface area contributed by atoms with Crippen molar-refractivity contribution in [3.8, 4) is 44.8 Å². The van der Waals surface area contributed by atoms with E-state index in [-0.39, 0.29) is 33.8 Å². The molecule has 2 aromatic heterocycles. The zero-order valence-corrected chi connectivity index (χ0v) is 50.6. The fraction of sp³-hybridized carbons (Fsp3) is 0.266. The average Bonchev–Trinajstić information content (AvgIpc) is 1.40. The summed E-state index contributed by atoms with van der Waals surface area (Å²) in [4.78, 5) is 0. The molecule has 0 unspecified atom stereocenters. The van der Waals surface area contributed by atoms with Crippen LogP contribution in [-0.4, -0.2) is 15.8 Å². The van der Waals surface area contributed by atoms with Crippen molar-refractivity contribution in [1.82, 2.24) is 9.13 Å². The Bertz CT molecular complexity index is 4810. The van der Waals surface area contributed by atoms with Gasteiger partial charge in [-0.25, -0.2) is 0 Å². The van der Waals surface area contributed by atoms with Crippen LogP contribution >= 0.6 is 0 Å². The second-order valence-electron chi connectivity index (χ2n) is 30.2. The molecule has 0 amide bonds. The zero-order chi connectivity index (χ0) is 56.9. The van der Waals surface area contributed by atoms with E-state index in [4.69, 9.17) is 0 Å². The number of rotatable bonds is 2. The molecule has 12 aromatic rings. The maximum absolute atomic E-state index is 2.81. The number of aromatic nitrogens is 2. The molecule has 0 saturated heterocycles. The predicted octanol–water partition coefficient (Wildman–Crippen LogP) is 18.7. The molecule has 402 valence electrons. The van der Waals surface area contributed by atoms with E-state index in [0.717, 1.165) is 0 Å². The van der Waals surface area contributed by atoms with E-state index in [9.17, 15) is 0 Å². The Kier molecular flexibility index (Phi) is 9.62. The molecule has 5 heterocycles. The summed E-state index contributed by atoms with van der Waals surface area (Å²) in [6.45, 7) is 35.6. The molecular weight excluding hydrogens is 988 g/mol. The summed E-state index contributed by atoms with van der Waals surface area (Å²) in [5, 5.41) is 7.92. The van der Waals surface area contributed by atoms with Gasteiger partial charge in [-0.1, -0.05) is 231 Å². The van der Waals surface area contributed by atoms with Gasteiger partial charge in [0.15, 0.2) is 0 Å². The number of hydrogen-bond acceptors (Lipinski definition) is 0. The molecule has 3 aliphatic heterocycles. The first kappa shape index (κ1) is 49.9. The molecule has 0 radical (unpaired) electrons. The van der Waals surface area contributed by atoms with E-state index in [2.05, 4.69) is 283 Å². The molecule has 2 nitrogen and oxygen atoms in total. The highest BCUT2D eigenvalue weighted by atomic mass is 15.1. The Labute approximate surface area is 484 Å². The highest BCUT2D eigenvalue weighted by Crippen LogP contribution is 2.63. The Morgan fingerprint density at radius 2 is 0.817 bits per heavy atom. The van der Waals surface area contributed by atoms with Crippen molar-refractivity contribution in [2.24, 2.45) is 0 Å². The summed E-state index contributed by atoms with van der Waals surface area (Å²) in [6, 6.07) is 68.4. The van der Waals surface area contributed by atoms with Crippen molar-refractivity contribution in [3.63, 3.8) is 0 Å². The summed E-state index contributed by atoms with van der Waals surface area (Å²) in [7, 11) is 0. The number of hydrogen-bond donors (Lipinski definition) is 0. The summed E-state index contributed by atoms with van der Waals surface area (Å²) in [5.41, 5.74) is 31.3. The second-order valence-corrected chi connectivity index (χ2v) is 30.2. The topological polar surface area (TPSA) is 9.86 Å². The minimum Gasteiger partial charge on any atom is -0.310 e. The van der Waals surface area contributed by atoms with Gasteiger partial charge in [0.25, 0.3) is 6.71 Å². The molecule has 10 aromatic carbocycles. The first-order chi connectivity index (χ1) is 38.8. The largest absolute Gasteiger partial charge is 0.310 e. The molecule has 82 heavy (non-hydrogen) atoms. The number of fused-ring (bicyclic) bond motifs is 15. The molecule has 0 atom stereocenters. The lowest BCUT2D eigenvalue weighted by Gasteiger charge is -2.45. The van der Waals surface area contributed by atoms with Crippen LogP contribution in [0.3, 0.4) is 0 Å². The van der Waals surface area contributed by atoms with Gasteiger partial charge in [-0.15, -0.1) is 0 Å². The van der Waals surface area contributed by atoms with Gasteiger partial charge in [0, 0.05) is 43.8 Å². The van der Waals surface area contributed by atoms with Crippen molar-refractivity contribution in [2.45, 2.75) is 136 Å². The monoisotopic (exact) mass is 1060 g/mol. The first-order valence-corrected chi connectivity index (χ1v) is 30.2. The summed E-state index contributed by atoms with van der Waals surface area (Å²) >= 11 is 0. The zero-order valence-electron chi connectivity index (χ0n) is 50.6. The molecule has 1 aliphatic carbocycles. The highest BCUT2D eigenvalue weighted by Gasteiger charge is 2.55. The van der Waals surface area contributed by atoms with Crippen LogP contribution in [0, 0.1) is 0 Å². The summed E-state index contributed by atoms with van der Waals surface area (Å²) in [6.07, 6.45) is 0. The number of nitrogens with zero attached hydrogens (tertiary/aromatic N) is 2. The van der Waals surface area contributed by atoms with E-state index in [1.807, 2.05) is 0 Å². The maximum atomic E-state index is 2.81. The summed E-state index contributed by atoms with van der Waals surface area (Å²) < 4.78 is 5.57. The Balaban J connectivity index is 1.15. The van der Waals surface area contributed by atoms with E-state index in [1.165, 1.54) is 166 Å². The van der Waals surface area contributed by atoms with Gasteiger partial charge in [-0.3, -0.25) is 0 Å². The molecule has 0 fully saturated rings. The van der Waals surface area contributed by atoms with Crippen molar-refractivity contribution < 1.29 is 0 Å². The molecule has 0 saturated carbocycles. The first-order valence-electron chi connectivity index (χ1n) is 30.2. The Morgan fingerprint density at radius 1 is 0.317 bits per heavy atom. The van der Waals surface area contributed by atoms with Gasteiger partial charge < -0.3 is 9.13 Å². The quantitative estimate of drug-likeness (QED) is 0.153. The lowest BCUT2D eigenvalue weighted by Crippen LogP contribution is -2.61. The number of benzene rings is 10. The molecule has 1 spiro atoms. The van der Waals surface area contributed by atoms with Gasteiger partial charge in [0.2, 0.25) is 0 Å². The van der Waals surface area contributed by atoms with Crippen LogP contribution in [0.15, 0.2) is 170 Å². The molecular formula is C79H73BN2. The standard InChI is InChI=1S/C79H73BN2/c1-74(2,3)47-30-27-44(28-31-47)52-24-20-21-45-35-46(29-33-53(45)52)56-43-64-73-68-72(56)81-67-34-32-48(75(4,5)6)36-57(67)58-38-50(77(10,11)12)41-65(70(58)81)80(68)66-42-51(78(13,14)15)39-60-59-37-49(76(7,8)9)40-63(69(59)82(73)71(60)66)79(64)61-25-18-16-22-54(61)55-23-17-19-26-62(55)79/h16-43H,1-15H3. The third kappa shape index (κ3) is 6.43. The van der Waals surface area contributed by atoms with Crippen molar-refractivity contribution in [1.29, 1.82) is 0 Å². The molecule has 16 rings (SSSR count). The van der Waals surface area contributed by atoms with Gasteiger partial charge in [0.1, 0.15) is 0 Å². The third-order valence-corrected chi connectivity index (χ3v) is 20.0. The van der Waals surface area contributed by atoms with E-state index < -0.39 is 5.41 Å². The normalized spacial score (nSPS) is 14.8. The average molecular weight is 1060 g/mol. The smallest absolute Gasteiger partial charge is 0.252 e. The van der Waals surface area contributed by atoms with Crippen molar-refractivity contribution in [3.05, 3.63) is 220 Å². The van der Waals surface area contributed by atoms with Crippen LogP contribution in [0.2, 0.25) is 0 Å². The SMILES string of the molecule is CC(C)(C)c1ccc(-c2cccc3cc(-c4cc5c6c7c4-n4c8ccc(C(C)(C)C)cc8c8cc(C(C)(C)C)cc(c84)B7c4cc(C(C)(C)C)cc7c8cc(C(C)(C)C)cc(c8n-6c47)C54c5ccccc5-c5ccccc54)ccc23)cc1. The molecule has 0 N–H and O–H groups in total. The van der Waals surface area contributed by atoms with E-state index in [0.29, 0.717) is 0 Å². The van der Waals surface area contributed by atoms with Crippen LogP contribution in [0.4, 0.5) is 0 Å². The lowest BCUT2D eigenvalue weighted by atomic mass is 9.33. The Hall–Kier alpha value is -7.88. The minimum atomic E-state index is -0.641. The van der Waals surface area contributed by atoms with Crippen LogP contribution < -0.4 is 16.4 Å². The molecule has 0 bridgehead atoms. The molecule has 4 aliphatic rings. The maximum Gasteiger partial charge on any atom is 0.252 e. The van der Waals surface area contributed by atoms with E-state index in [1.54, 1.807) is 0 Å². The van der Waals surface area contributed by atoms with Crippen LogP contribution in [0.25, 0.3) is 99.1 Å². The lowest BCUT2D eigenvalue weighted by molar-refractivity contribution is 0.588. The van der Waals surface area contributed by atoms with Gasteiger partial charge in [-0.2, -0.15) is 0 Å². The van der Waals surface area contributed by atoms with E-state index >= 15 is 0 Å². The fourth-order valence-corrected chi connectivity index (χ4v) is 15.7. The Morgan fingerprint density at radius 3 is 1.41 bits per heavy atom. The predicted molar refractivity (Wildman–Crippen MR) is 353 cm³/mol. The van der Waals surface area contributed by atoms with Gasteiger partial charge in [0.05, 0.1) is 22.1 Å². The minimum absolute atomic E-state index is 0.0320. The second kappa shape index (κ2) is 15.8. The molecule has 3 heteroatoms. The van der Waals surface area contributed by atoms with Crippen molar-refractivity contribution >= 4 is 77.5 Å². The van der Waals surface area contributed by atoms with Crippen molar-refractivity contribution in [2.75, 3.05) is 0 Å². The van der Waals surface area contributed by atoms with Gasteiger partial charge in [-0.05, 0) is 175 Å². The summed E-state index contributed by atoms with van der Waals surface area (Å²) in [5.74, 6) is 0. The van der Waals surface area contributed by atoms with Gasteiger partial charge >= 0.3 is 0 Å². The highest BCUT2D eigenvalue weighted by molar-refractivity contribution is 7.00. The van der Waals surface area contributed by atoms with Crippen LogP contribution in [0.5, 0.6) is 0 Å². The van der Waals surface area contributed by atoms with Crippen LogP contribution in [-0.2, 0) is 32.5 Å². The van der Waals surface area contributed by atoms with Crippen LogP contribution in [0.1, 0.15) is 154 Å².